The molecule has 0 aliphatic rings. The highest BCUT2D eigenvalue weighted by molar-refractivity contribution is 9.10. The second-order valence-corrected chi connectivity index (χ2v) is 5.58. The van der Waals surface area contributed by atoms with Gasteiger partial charge in [0.15, 0.2) is 5.78 Å². The lowest BCUT2D eigenvalue weighted by atomic mass is 9.93. The van der Waals surface area contributed by atoms with Gasteiger partial charge in [0, 0.05) is 16.5 Å². The van der Waals surface area contributed by atoms with E-state index in [1.54, 1.807) is 24.3 Å². The number of rotatable bonds is 8. The van der Waals surface area contributed by atoms with E-state index in [4.69, 9.17) is 5.11 Å². The van der Waals surface area contributed by atoms with Gasteiger partial charge in [-0.25, -0.2) is 0 Å². The number of carboxylic acids is 1. The minimum atomic E-state index is -0.874. The van der Waals surface area contributed by atoms with Crippen LogP contribution in [0.1, 0.15) is 49.4 Å². The van der Waals surface area contributed by atoms with E-state index in [0.717, 1.165) is 23.7 Å². The maximum Gasteiger partial charge on any atom is 0.306 e. The zero-order valence-electron chi connectivity index (χ0n) is 11.1. The van der Waals surface area contributed by atoms with Crippen LogP contribution in [0.15, 0.2) is 28.7 Å². The van der Waals surface area contributed by atoms with Gasteiger partial charge in [0.1, 0.15) is 0 Å². The molecular weight excluding hydrogens is 308 g/mol. The molecule has 1 aromatic rings. The quantitative estimate of drug-likeness (QED) is 0.572. The number of carbonyl (C=O) groups excluding carboxylic acids is 1. The SMILES string of the molecule is CCCCCC(CC(=O)c1ccc(Br)cc1)C(=O)O. The van der Waals surface area contributed by atoms with Gasteiger partial charge in [0.2, 0.25) is 0 Å². The van der Waals surface area contributed by atoms with E-state index >= 15 is 0 Å². The van der Waals surface area contributed by atoms with Gasteiger partial charge in [-0.3, -0.25) is 9.59 Å². The first kappa shape index (κ1) is 15.9. The van der Waals surface area contributed by atoms with Gasteiger partial charge in [0.05, 0.1) is 5.92 Å². The van der Waals surface area contributed by atoms with Crippen LogP contribution in [0.2, 0.25) is 0 Å². The minimum absolute atomic E-state index is 0.0840. The number of aliphatic carboxylic acids is 1. The van der Waals surface area contributed by atoms with Crippen LogP contribution in [0.5, 0.6) is 0 Å². The lowest BCUT2D eigenvalue weighted by molar-refractivity contribution is -0.141. The van der Waals surface area contributed by atoms with Crippen molar-refractivity contribution in [1.29, 1.82) is 0 Å². The summed E-state index contributed by atoms with van der Waals surface area (Å²) in [6.45, 7) is 2.07. The van der Waals surface area contributed by atoms with E-state index in [0.29, 0.717) is 12.0 Å². The molecule has 4 heteroatoms. The zero-order valence-corrected chi connectivity index (χ0v) is 12.6. The predicted molar refractivity (Wildman–Crippen MR) is 78.4 cm³/mol. The zero-order chi connectivity index (χ0) is 14.3. The number of Topliss-reactive ketones (excluding diaryl/α,β-unsaturated/α-hetero) is 1. The van der Waals surface area contributed by atoms with Crippen LogP contribution in [0.4, 0.5) is 0 Å². The summed E-state index contributed by atoms with van der Waals surface area (Å²) < 4.78 is 0.904. The Morgan fingerprint density at radius 1 is 1.21 bits per heavy atom. The number of carboxylic acid groups (broad SMARTS) is 1. The molecule has 1 atom stereocenters. The van der Waals surface area contributed by atoms with Crippen LogP contribution in [0, 0.1) is 5.92 Å². The largest absolute Gasteiger partial charge is 0.481 e. The highest BCUT2D eigenvalue weighted by Crippen LogP contribution is 2.18. The summed E-state index contributed by atoms with van der Waals surface area (Å²) in [6.07, 6.45) is 3.58. The van der Waals surface area contributed by atoms with Gasteiger partial charge >= 0.3 is 5.97 Å². The summed E-state index contributed by atoms with van der Waals surface area (Å²) in [5.41, 5.74) is 0.574. The molecule has 104 valence electrons. The first-order valence-electron chi connectivity index (χ1n) is 6.56. The number of ketones is 1. The number of benzene rings is 1. The maximum atomic E-state index is 12.0. The van der Waals surface area contributed by atoms with Crippen molar-refractivity contribution < 1.29 is 14.7 Å². The highest BCUT2D eigenvalue weighted by Gasteiger charge is 2.21. The Kier molecular flexibility index (Phi) is 6.78. The van der Waals surface area contributed by atoms with Crippen molar-refractivity contribution in [1.82, 2.24) is 0 Å². The first-order valence-corrected chi connectivity index (χ1v) is 7.35. The fourth-order valence-electron chi connectivity index (χ4n) is 1.93. The Morgan fingerprint density at radius 3 is 2.37 bits per heavy atom. The van der Waals surface area contributed by atoms with Crippen molar-refractivity contribution in [3.05, 3.63) is 34.3 Å². The molecule has 0 saturated heterocycles. The third kappa shape index (κ3) is 5.55. The topological polar surface area (TPSA) is 54.4 Å². The Hall–Kier alpha value is -1.16. The number of halogens is 1. The molecule has 0 aliphatic carbocycles. The van der Waals surface area contributed by atoms with E-state index in [-0.39, 0.29) is 12.2 Å². The molecule has 1 aromatic carbocycles. The third-order valence-electron chi connectivity index (χ3n) is 3.10. The maximum absolute atomic E-state index is 12.0. The molecule has 1 N–H and O–H groups in total. The minimum Gasteiger partial charge on any atom is -0.481 e. The van der Waals surface area contributed by atoms with Gasteiger partial charge in [-0.15, -0.1) is 0 Å². The summed E-state index contributed by atoms with van der Waals surface area (Å²) >= 11 is 3.31. The molecule has 19 heavy (non-hydrogen) atoms. The highest BCUT2D eigenvalue weighted by atomic mass is 79.9. The summed E-state index contributed by atoms with van der Waals surface area (Å²) in [6, 6.07) is 7.02. The Bertz CT molecular complexity index is 426. The Balaban J connectivity index is 2.60. The summed E-state index contributed by atoms with van der Waals surface area (Å²) in [5, 5.41) is 9.15. The van der Waals surface area contributed by atoms with Crippen LogP contribution in [-0.4, -0.2) is 16.9 Å². The van der Waals surface area contributed by atoms with E-state index in [1.165, 1.54) is 0 Å². The molecule has 0 bridgehead atoms. The third-order valence-corrected chi connectivity index (χ3v) is 3.63. The summed E-state index contributed by atoms with van der Waals surface area (Å²) in [7, 11) is 0. The molecule has 0 radical (unpaired) electrons. The van der Waals surface area contributed by atoms with E-state index in [9.17, 15) is 9.59 Å². The molecule has 0 spiro atoms. The summed E-state index contributed by atoms with van der Waals surface area (Å²) in [5.74, 6) is -1.54. The second-order valence-electron chi connectivity index (χ2n) is 4.67. The molecule has 0 aliphatic heterocycles. The van der Waals surface area contributed by atoms with Crippen LogP contribution in [0.25, 0.3) is 0 Å². The Labute approximate surface area is 122 Å². The first-order chi connectivity index (χ1) is 9.04. The fourth-order valence-corrected chi connectivity index (χ4v) is 2.20. The van der Waals surface area contributed by atoms with Gasteiger partial charge in [0.25, 0.3) is 0 Å². The van der Waals surface area contributed by atoms with E-state index in [2.05, 4.69) is 22.9 Å². The van der Waals surface area contributed by atoms with Gasteiger partial charge in [-0.05, 0) is 18.6 Å². The fraction of sp³-hybridized carbons (Fsp3) is 0.467. The van der Waals surface area contributed by atoms with Crippen LogP contribution in [-0.2, 0) is 4.79 Å². The number of hydrogen-bond acceptors (Lipinski definition) is 2. The van der Waals surface area contributed by atoms with Crippen LogP contribution in [0.3, 0.4) is 0 Å². The van der Waals surface area contributed by atoms with Crippen LogP contribution < -0.4 is 0 Å². The van der Waals surface area contributed by atoms with Gasteiger partial charge in [-0.2, -0.15) is 0 Å². The summed E-state index contributed by atoms with van der Waals surface area (Å²) in [4.78, 5) is 23.2. The number of carbonyl (C=O) groups is 2. The predicted octanol–water partition coefficient (Wildman–Crippen LogP) is 4.30. The second kappa shape index (κ2) is 8.10. The Morgan fingerprint density at radius 2 is 1.84 bits per heavy atom. The van der Waals surface area contributed by atoms with Crippen LogP contribution >= 0.6 is 15.9 Å². The molecule has 1 rings (SSSR count). The van der Waals surface area contributed by atoms with E-state index in [1.807, 2.05) is 0 Å². The average molecular weight is 327 g/mol. The molecule has 0 amide bonds. The van der Waals surface area contributed by atoms with Crippen molar-refractivity contribution >= 4 is 27.7 Å². The number of unbranched alkanes of at least 4 members (excludes halogenated alkanes) is 2. The molecule has 3 nitrogen and oxygen atoms in total. The monoisotopic (exact) mass is 326 g/mol. The molecule has 0 heterocycles. The molecule has 0 fully saturated rings. The van der Waals surface area contributed by atoms with Gasteiger partial charge in [-0.1, -0.05) is 54.2 Å². The molecule has 1 unspecified atom stereocenters. The van der Waals surface area contributed by atoms with E-state index < -0.39 is 11.9 Å². The smallest absolute Gasteiger partial charge is 0.306 e. The van der Waals surface area contributed by atoms with Crippen molar-refractivity contribution in [2.45, 2.75) is 39.0 Å². The normalized spacial score (nSPS) is 12.1. The van der Waals surface area contributed by atoms with Crippen molar-refractivity contribution in [3.63, 3.8) is 0 Å². The van der Waals surface area contributed by atoms with Crippen molar-refractivity contribution in [2.24, 2.45) is 5.92 Å². The standard InChI is InChI=1S/C15H19BrO3/c1-2-3-4-5-12(15(18)19)10-14(17)11-6-8-13(16)9-7-11/h6-9,12H,2-5,10H2,1H3,(H,18,19). The van der Waals surface area contributed by atoms with Gasteiger partial charge < -0.3 is 5.11 Å². The molecule has 0 aromatic heterocycles. The average Bonchev–Trinajstić information content (AvgIpc) is 2.38. The van der Waals surface area contributed by atoms with Crippen molar-refractivity contribution in [3.8, 4) is 0 Å². The lowest BCUT2D eigenvalue weighted by Gasteiger charge is -2.11. The lowest BCUT2D eigenvalue weighted by Crippen LogP contribution is -2.18. The number of hydrogen-bond donors (Lipinski definition) is 1. The van der Waals surface area contributed by atoms with Crippen molar-refractivity contribution in [2.75, 3.05) is 0 Å². The molecular formula is C15H19BrO3. The molecule has 0 saturated carbocycles.